The van der Waals surface area contributed by atoms with E-state index < -0.39 is 5.97 Å². The molecule has 0 aliphatic heterocycles. The van der Waals surface area contributed by atoms with Crippen LogP contribution in [0.3, 0.4) is 0 Å². The van der Waals surface area contributed by atoms with E-state index in [1.165, 1.54) is 0 Å². The second kappa shape index (κ2) is 6.46. The van der Waals surface area contributed by atoms with Gasteiger partial charge in [0.2, 0.25) is 0 Å². The molecule has 0 radical (unpaired) electrons. The van der Waals surface area contributed by atoms with Crippen LogP contribution in [0.2, 0.25) is 0 Å². The van der Waals surface area contributed by atoms with Crippen molar-refractivity contribution in [3.8, 4) is 11.1 Å². The molecule has 0 fully saturated rings. The molecule has 4 aromatic rings. The largest absolute Gasteiger partial charge is 0.458 e. The molecule has 0 N–H and O–H groups in total. The van der Waals surface area contributed by atoms with E-state index in [1.807, 2.05) is 25.1 Å². The Bertz CT molecular complexity index is 1170. The topological polar surface area (TPSA) is 69.4 Å². The first-order valence-electron chi connectivity index (χ1n) is 8.89. The molecule has 2 aromatic heterocycles. The predicted octanol–water partition coefficient (Wildman–Crippen LogP) is 4.13. The molecule has 0 saturated carbocycles. The first kappa shape index (κ1) is 17.1. The van der Waals surface area contributed by atoms with E-state index >= 15 is 0 Å². The molecule has 2 aromatic carbocycles. The molecule has 6 heteroatoms. The number of benzene rings is 2. The zero-order valence-electron chi connectivity index (χ0n) is 15.7. The number of aromatic nitrogens is 4. The van der Waals surface area contributed by atoms with Crippen LogP contribution in [0.1, 0.15) is 35.7 Å². The highest BCUT2D eigenvalue weighted by atomic mass is 16.5. The number of ether oxygens (including phenoxy) is 1. The van der Waals surface area contributed by atoms with Crippen molar-refractivity contribution < 1.29 is 9.53 Å². The lowest BCUT2D eigenvalue weighted by atomic mass is 9.98. The minimum absolute atomic E-state index is 0.183. The number of hydrogen-bond acceptors (Lipinski definition) is 5. The van der Waals surface area contributed by atoms with E-state index in [0.717, 1.165) is 27.6 Å². The van der Waals surface area contributed by atoms with Gasteiger partial charge in [0.1, 0.15) is 0 Å². The van der Waals surface area contributed by atoms with Crippen molar-refractivity contribution in [1.29, 1.82) is 0 Å². The first-order valence-corrected chi connectivity index (χ1v) is 8.89. The number of aryl methyl sites for hydroxylation is 2. The molecule has 0 saturated heterocycles. The smallest absolute Gasteiger partial charge is 0.361 e. The average molecular weight is 360 g/mol. The molecule has 0 amide bonds. The Morgan fingerprint density at radius 1 is 1.04 bits per heavy atom. The van der Waals surface area contributed by atoms with Crippen molar-refractivity contribution in [2.75, 3.05) is 0 Å². The lowest BCUT2D eigenvalue weighted by Crippen LogP contribution is -2.17. The highest BCUT2D eigenvalue weighted by molar-refractivity contribution is 6.00. The highest BCUT2D eigenvalue weighted by Gasteiger charge is 2.22. The van der Waals surface area contributed by atoms with E-state index in [-0.39, 0.29) is 11.8 Å². The number of fused-ring (bicyclic) bond motifs is 2. The van der Waals surface area contributed by atoms with Crippen molar-refractivity contribution in [1.82, 2.24) is 19.8 Å². The van der Waals surface area contributed by atoms with Crippen LogP contribution in [0.4, 0.5) is 0 Å². The molecule has 0 atom stereocenters. The molecular formula is C21H20N4O2. The lowest BCUT2D eigenvalue weighted by Gasteiger charge is -2.09. The van der Waals surface area contributed by atoms with Crippen LogP contribution < -0.4 is 0 Å². The molecule has 2 heterocycles. The summed E-state index contributed by atoms with van der Waals surface area (Å²) in [7, 11) is 0. The Balaban J connectivity index is 1.94. The fraction of sp³-hybridized carbons (Fsp3) is 0.238. The monoisotopic (exact) mass is 360 g/mol. The van der Waals surface area contributed by atoms with Crippen molar-refractivity contribution >= 4 is 22.4 Å². The van der Waals surface area contributed by atoms with Gasteiger partial charge in [-0.3, -0.25) is 0 Å². The third-order valence-corrected chi connectivity index (χ3v) is 4.54. The maximum Gasteiger partial charge on any atom is 0.361 e. The lowest BCUT2D eigenvalue weighted by molar-refractivity contribution is 0.0367. The summed E-state index contributed by atoms with van der Waals surface area (Å²) in [5, 5.41) is 15.4. The SMILES string of the molecule is Cc1nn2c(C)c(C(=O)OC(C)C)nnc2c1-c1cccc2ccccc12. The van der Waals surface area contributed by atoms with Crippen molar-refractivity contribution in [2.45, 2.75) is 33.8 Å². The maximum atomic E-state index is 12.3. The summed E-state index contributed by atoms with van der Waals surface area (Å²) in [6, 6.07) is 14.4. The van der Waals surface area contributed by atoms with Gasteiger partial charge >= 0.3 is 5.97 Å². The van der Waals surface area contributed by atoms with Gasteiger partial charge in [0.05, 0.1) is 23.1 Å². The van der Waals surface area contributed by atoms with Crippen LogP contribution in [0.15, 0.2) is 42.5 Å². The van der Waals surface area contributed by atoms with Crippen LogP contribution in [0.25, 0.3) is 27.5 Å². The van der Waals surface area contributed by atoms with Gasteiger partial charge in [-0.15, -0.1) is 10.2 Å². The second-order valence-electron chi connectivity index (χ2n) is 6.81. The van der Waals surface area contributed by atoms with Gasteiger partial charge in [-0.25, -0.2) is 9.31 Å². The Morgan fingerprint density at radius 2 is 1.78 bits per heavy atom. The fourth-order valence-corrected chi connectivity index (χ4v) is 3.33. The average Bonchev–Trinajstić information content (AvgIpc) is 2.97. The van der Waals surface area contributed by atoms with Crippen LogP contribution in [0, 0.1) is 13.8 Å². The zero-order chi connectivity index (χ0) is 19.1. The molecule has 27 heavy (non-hydrogen) atoms. The summed E-state index contributed by atoms with van der Waals surface area (Å²) < 4.78 is 6.94. The normalized spacial score (nSPS) is 11.4. The number of nitrogens with zero attached hydrogens (tertiary/aromatic N) is 4. The van der Waals surface area contributed by atoms with Gasteiger partial charge in [0, 0.05) is 0 Å². The van der Waals surface area contributed by atoms with E-state index in [2.05, 4.69) is 39.6 Å². The van der Waals surface area contributed by atoms with Crippen molar-refractivity contribution in [3.63, 3.8) is 0 Å². The van der Waals surface area contributed by atoms with Gasteiger partial charge < -0.3 is 4.74 Å². The third-order valence-electron chi connectivity index (χ3n) is 4.54. The Kier molecular flexibility index (Phi) is 4.11. The number of carbonyl (C=O) groups is 1. The molecular weight excluding hydrogens is 340 g/mol. The van der Waals surface area contributed by atoms with Crippen LogP contribution in [-0.4, -0.2) is 31.9 Å². The summed E-state index contributed by atoms with van der Waals surface area (Å²) in [6.45, 7) is 7.35. The quantitative estimate of drug-likeness (QED) is 0.514. The Morgan fingerprint density at radius 3 is 2.56 bits per heavy atom. The second-order valence-corrected chi connectivity index (χ2v) is 6.81. The van der Waals surface area contributed by atoms with Crippen LogP contribution in [0.5, 0.6) is 0 Å². The van der Waals surface area contributed by atoms with Crippen LogP contribution >= 0.6 is 0 Å². The highest BCUT2D eigenvalue weighted by Crippen LogP contribution is 2.33. The minimum atomic E-state index is -0.489. The Hall–Kier alpha value is -3.28. The molecule has 0 bridgehead atoms. The standard InChI is InChI=1S/C21H20N4O2/c1-12(2)27-21(26)19-14(4)25-20(23-22-19)18(13(3)24-25)17-11-7-9-15-8-5-6-10-16(15)17/h5-12H,1-4H3. The van der Waals surface area contributed by atoms with Gasteiger partial charge in [0.15, 0.2) is 11.3 Å². The summed E-state index contributed by atoms with van der Waals surface area (Å²) in [5.41, 5.74) is 4.22. The predicted molar refractivity (Wildman–Crippen MR) is 104 cm³/mol. The Labute approximate surface area is 156 Å². The zero-order valence-corrected chi connectivity index (χ0v) is 15.7. The van der Waals surface area contributed by atoms with Crippen molar-refractivity contribution in [2.24, 2.45) is 0 Å². The van der Waals surface area contributed by atoms with Gasteiger partial charge in [0.25, 0.3) is 0 Å². The molecule has 6 nitrogen and oxygen atoms in total. The number of hydrogen-bond donors (Lipinski definition) is 0. The van der Waals surface area contributed by atoms with Gasteiger partial charge in [-0.2, -0.15) is 5.10 Å². The number of rotatable bonds is 3. The molecule has 4 rings (SSSR count). The van der Waals surface area contributed by atoms with Crippen molar-refractivity contribution in [3.05, 3.63) is 59.5 Å². The molecule has 0 aliphatic carbocycles. The molecule has 0 unspecified atom stereocenters. The molecule has 0 spiro atoms. The van der Waals surface area contributed by atoms with E-state index in [4.69, 9.17) is 4.74 Å². The van der Waals surface area contributed by atoms with E-state index in [1.54, 1.807) is 25.3 Å². The van der Waals surface area contributed by atoms with E-state index in [0.29, 0.717) is 11.3 Å². The van der Waals surface area contributed by atoms with E-state index in [9.17, 15) is 4.79 Å². The third kappa shape index (κ3) is 2.83. The number of esters is 1. The molecule has 136 valence electrons. The van der Waals surface area contributed by atoms with Crippen LogP contribution in [-0.2, 0) is 4.74 Å². The summed E-state index contributed by atoms with van der Waals surface area (Å²) in [5.74, 6) is -0.489. The summed E-state index contributed by atoms with van der Waals surface area (Å²) in [4.78, 5) is 12.3. The molecule has 0 aliphatic rings. The van der Waals surface area contributed by atoms with Gasteiger partial charge in [-0.05, 0) is 44.0 Å². The minimum Gasteiger partial charge on any atom is -0.458 e. The summed E-state index contributed by atoms with van der Waals surface area (Å²) in [6.07, 6.45) is -0.222. The first-order chi connectivity index (χ1) is 13.0. The fourth-order valence-electron chi connectivity index (χ4n) is 3.33. The maximum absolute atomic E-state index is 12.3. The van der Waals surface area contributed by atoms with Gasteiger partial charge in [-0.1, -0.05) is 42.5 Å². The summed E-state index contributed by atoms with van der Waals surface area (Å²) >= 11 is 0. The number of carbonyl (C=O) groups excluding carboxylic acids is 1.